The largest absolute Gasteiger partial charge is 0.381 e. The van der Waals surface area contributed by atoms with Crippen LogP contribution in [0.25, 0.3) is 0 Å². The minimum atomic E-state index is 0.327. The van der Waals surface area contributed by atoms with E-state index in [0.29, 0.717) is 6.04 Å². The van der Waals surface area contributed by atoms with Crippen molar-refractivity contribution in [3.05, 3.63) is 0 Å². The summed E-state index contributed by atoms with van der Waals surface area (Å²) >= 11 is 0. The van der Waals surface area contributed by atoms with Crippen molar-refractivity contribution >= 4 is 0 Å². The van der Waals surface area contributed by atoms with Crippen LogP contribution in [0.15, 0.2) is 0 Å². The van der Waals surface area contributed by atoms with Crippen LogP contribution < -0.4 is 5.73 Å². The van der Waals surface area contributed by atoms with E-state index in [1.54, 1.807) is 0 Å². The lowest BCUT2D eigenvalue weighted by molar-refractivity contribution is 0.0821. The molecule has 1 unspecified atom stereocenters. The van der Waals surface area contributed by atoms with Gasteiger partial charge in [-0.05, 0) is 38.5 Å². The lowest BCUT2D eigenvalue weighted by Crippen LogP contribution is -2.17. The van der Waals surface area contributed by atoms with E-state index in [0.717, 1.165) is 32.0 Å². The van der Waals surface area contributed by atoms with Crippen LogP contribution >= 0.6 is 0 Å². The molecule has 0 bridgehead atoms. The number of hydrogen-bond acceptors (Lipinski definition) is 2. The maximum Gasteiger partial charge on any atom is 0.0494 e. The first-order valence-electron chi connectivity index (χ1n) is 6.12. The molecule has 14 heavy (non-hydrogen) atoms. The van der Waals surface area contributed by atoms with E-state index in [4.69, 9.17) is 10.5 Å². The molecule has 0 amide bonds. The third-order valence-electron chi connectivity index (χ3n) is 3.03. The number of nitrogens with two attached hydrogens (primary N) is 1. The van der Waals surface area contributed by atoms with Crippen molar-refractivity contribution in [1.29, 1.82) is 0 Å². The van der Waals surface area contributed by atoms with Gasteiger partial charge in [0.15, 0.2) is 0 Å². The summed E-state index contributed by atoms with van der Waals surface area (Å²) in [4.78, 5) is 0. The first kappa shape index (κ1) is 12.0. The molecule has 1 rings (SSSR count). The number of ether oxygens (including phenoxy) is 1. The molecule has 0 heterocycles. The molecule has 0 aromatic carbocycles. The van der Waals surface area contributed by atoms with Crippen molar-refractivity contribution in [2.45, 2.75) is 57.9 Å². The van der Waals surface area contributed by atoms with Crippen LogP contribution in [0.4, 0.5) is 0 Å². The number of hydrogen-bond donors (Lipinski definition) is 1. The Morgan fingerprint density at radius 1 is 1.29 bits per heavy atom. The summed E-state index contributed by atoms with van der Waals surface area (Å²) in [5.41, 5.74) is 5.66. The molecule has 2 heteroatoms. The van der Waals surface area contributed by atoms with Crippen LogP contribution in [0.3, 0.4) is 0 Å². The van der Waals surface area contributed by atoms with E-state index < -0.39 is 0 Å². The standard InChI is InChI=1S/C12H25NO/c1-11(13)6-5-9-14-10-12-7-3-2-4-8-12/h11-12H,2-10,13H2,1H3. The van der Waals surface area contributed by atoms with Gasteiger partial charge in [-0.25, -0.2) is 0 Å². The minimum absolute atomic E-state index is 0.327. The smallest absolute Gasteiger partial charge is 0.0494 e. The van der Waals surface area contributed by atoms with Crippen LogP contribution in [0, 0.1) is 5.92 Å². The van der Waals surface area contributed by atoms with Crippen molar-refractivity contribution in [3.8, 4) is 0 Å². The fourth-order valence-electron chi connectivity index (χ4n) is 2.11. The first-order chi connectivity index (χ1) is 6.79. The Morgan fingerprint density at radius 2 is 2.00 bits per heavy atom. The molecule has 0 aromatic heterocycles. The summed E-state index contributed by atoms with van der Waals surface area (Å²) in [6.45, 7) is 3.94. The third kappa shape index (κ3) is 5.61. The zero-order valence-electron chi connectivity index (χ0n) is 9.50. The highest BCUT2D eigenvalue weighted by atomic mass is 16.5. The normalized spacial score (nSPS) is 21.0. The van der Waals surface area contributed by atoms with E-state index in [1.165, 1.54) is 32.1 Å². The van der Waals surface area contributed by atoms with Crippen LogP contribution in [0.2, 0.25) is 0 Å². The van der Waals surface area contributed by atoms with Crippen LogP contribution in [-0.4, -0.2) is 19.3 Å². The summed E-state index contributed by atoms with van der Waals surface area (Å²) < 4.78 is 5.67. The predicted octanol–water partition coefficient (Wildman–Crippen LogP) is 2.71. The van der Waals surface area contributed by atoms with Gasteiger partial charge >= 0.3 is 0 Å². The second kappa shape index (κ2) is 7.24. The topological polar surface area (TPSA) is 35.2 Å². The molecule has 0 aromatic rings. The van der Waals surface area contributed by atoms with E-state index in [9.17, 15) is 0 Å². The van der Waals surface area contributed by atoms with E-state index in [1.807, 2.05) is 0 Å². The van der Waals surface area contributed by atoms with Gasteiger partial charge < -0.3 is 10.5 Å². The molecule has 1 atom stereocenters. The molecule has 84 valence electrons. The second-order valence-corrected chi connectivity index (χ2v) is 4.70. The van der Waals surface area contributed by atoms with Crippen molar-refractivity contribution in [2.24, 2.45) is 11.7 Å². The Morgan fingerprint density at radius 3 is 2.64 bits per heavy atom. The summed E-state index contributed by atoms with van der Waals surface area (Å²) in [7, 11) is 0. The average Bonchev–Trinajstić information content (AvgIpc) is 2.18. The van der Waals surface area contributed by atoms with Crippen LogP contribution in [-0.2, 0) is 4.74 Å². The van der Waals surface area contributed by atoms with Gasteiger partial charge in [-0.1, -0.05) is 19.3 Å². The van der Waals surface area contributed by atoms with Crippen molar-refractivity contribution in [1.82, 2.24) is 0 Å². The Hall–Kier alpha value is -0.0800. The summed E-state index contributed by atoms with van der Waals surface area (Å²) in [5.74, 6) is 0.846. The zero-order chi connectivity index (χ0) is 10.2. The molecular formula is C12H25NO. The quantitative estimate of drug-likeness (QED) is 0.668. The maximum atomic E-state index is 5.67. The second-order valence-electron chi connectivity index (χ2n) is 4.70. The number of rotatable bonds is 6. The van der Waals surface area contributed by atoms with Crippen LogP contribution in [0.1, 0.15) is 51.9 Å². The maximum absolute atomic E-state index is 5.67. The SMILES string of the molecule is CC(N)CCCOCC1CCCCC1. The summed E-state index contributed by atoms with van der Waals surface area (Å²) in [6, 6.07) is 0.327. The first-order valence-corrected chi connectivity index (χ1v) is 6.12. The summed E-state index contributed by atoms with van der Waals surface area (Å²) in [6.07, 6.45) is 9.22. The predicted molar refractivity (Wildman–Crippen MR) is 60.3 cm³/mol. The molecule has 1 fully saturated rings. The molecule has 0 radical (unpaired) electrons. The van der Waals surface area contributed by atoms with Gasteiger partial charge in [0.25, 0.3) is 0 Å². The fourth-order valence-corrected chi connectivity index (χ4v) is 2.11. The lowest BCUT2D eigenvalue weighted by atomic mass is 9.90. The molecule has 2 nitrogen and oxygen atoms in total. The van der Waals surface area contributed by atoms with E-state index in [2.05, 4.69) is 6.92 Å². The van der Waals surface area contributed by atoms with Gasteiger partial charge in [0.05, 0.1) is 0 Å². The fraction of sp³-hybridized carbons (Fsp3) is 1.00. The molecule has 1 aliphatic carbocycles. The molecule has 0 aliphatic heterocycles. The van der Waals surface area contributed by atoms with Gasteiger partial charge in [-0.3, -0.25) is 0 Å². The van der Waals surface area contributed by atoms with Crippen molar-refractivity contribution < 1.29 is 4.74 Å². The Kier molecular flexibility index (Phi) is 6.20. The van der Waals surface area contributed by atoms with Gasteiger partial charge in [-0.2, -0.15) is 0 Å². The van der Waals surface area contributed by atoms with Crippen LogP contribution in [0.5, 0.6) is 0 Å². The highest BCUT2D eigenvalue weighted by Crippen LogP contribution is 2.23. The molecule has 1 aliphatic rings. The Balaban J connectivity index is 1.87. The van der Waals surface area contributed by atoms with Gasteiger partial charge in [0, 0.05) is 19.3 Å². The zero-order valence-corrected chi connectivity index (χ0v) is 9.50. The Labute approximate surface area is 88.2 Å². The monoisotopic (exact) mass is 199 g/mol. The third-order valence-corrected chi connectivity index (χ3v) is 3.03. The van der Waals surface area contributed by atoms with Gasteiger partial charge in [0.1, 0.15) is 0 Å². The average molecular weight is 199 g/mol. The van der Waals surface area contributed by atoms with E-state index >= 15 is 0 Å². The highest BCUT2D eigenvalue weighted by molar-refractivity contribution is 4.64. The van der Waals surface area contributed by atoms with Gasteiger partial charge in [0.2, 0.25) is 0 Å². The molecular weight excluding hydrogens is 174 g/mol. The lowest BCUT2D eigenvalue weighted by Gasteiger charge is -2.21. The minimum Gasteiger partial charge on any atom is -0.381 e. The molecule has 1 saturated carbocycles. The molecule has 0 spiro atoms. The Bertz CT molecular complexity index is 130. The molecule has 2 N–H and O–H groups in total. The van der Waals surface area contributed by atoms with Gasteiger partial charge in [-0.15, -0.1) is 0 Å². The van der Waals surface area contributed by atoms with E-state index in [-0.39, 0.29) is 0 Å². The van der Waals surface area contributed by atoms with Crippen molar-refractivity contribution in [3.63, 3.8) is 0 Å². The molecule has 0 saturated heterocycles. The van der Waals surface area contributed by atoms with Crippen molar-refractivity contribution in [2.75, 3.05) is 13.2 Å². The summed E-state index contributed by atoms with van der Waals surface area (Å²) in [5, 5.41) is 0. The highest BCUT2D eigenvalue weighted by Gasteiger charge is 2.12.